The number of hydrogen-bond acceptors (Lipinski definition) is 3. The molecule has 4 saturated heterocycles. The van der Waals surface area contributed by atoms with Gasteiger partial charge in [0.15, 0.2) is 0 Å². The van der Waals surface area contributed by atoms with Crippen LogP contribution in [0.4, 0.5) is 4.79 Å². The molecule has 0 radical (unpaired) electrons. The van der Waals surface area contributed by atoms with E-state index in [4.69, 9.17) is 4.74 Å². The third kappa shape index (κ3) is 1.57. The molecule has 3 N–H and O–H groups in total. The number of piperidine rings is 1. The normalized spacial score (nSPS) is 50.6. The van der Waals surface area contributed by atoms with Gasteiger partial charge >= 0.3 is 6.03 Å². The fourth-order valence-electron chi connectivity index (χ4n) is 4.57. The zero-order valence-electron chi connectivity index (χ0n) is 10.6. The summed E-state index contributed by atoms with van der Waals surface area (Å²) in [4.78, 5) is 11.9. The molecule has 4 atom stereocenters. The standard InChI is InChI=1S/C13H21N3O2/c17-12-15-11-10(2-1-5-18-11)13(16-12)6-8-3-4-9(7-13)14-8/h8-11,14H,1-7H2,(H2,15,16,17)/t8?,9?,10-,11+,13?/m1/s1. The van der Waals surface area contributed by atoms with Crippen molar-refractivity contribution >= 4 is 6.03 Å². The molecule has 2 bridgehead atoms. The topological polar surface area (TPSA) is 62.4 Å². The first-order chi connectivity index (χ1) is 8.75. The van der Waals surface area contributed by atoms with Gasteiger partial charge in [0.2, 0.25) is 0 Å². The van der Waals surface area contributed by atoms with Crippen LogP contribution in [-0.4, -0.2) is 36.5 Å². The molecular weight excluding hydrogens is 230 g/mol. The van der Waals surface area contributed by atoms with Crippen molar-refractivity contribution in [2.75, 3.05) is 6.61 Å². The molecule has 2 unspecified atom stereocenters. The summed E-state index contributed by atoms with van der Waals surface area (Å²) in [5.41, 5.74) is -0.0233. The maximum Gasteiger partial charge on any atom is 0.317 e. The van der Waals surface area contributed by atoms with Gasteiger partial charge in [-0.15, -0.1) is 0 Å². The summed E-state index contributed by atoms with van der Waals surface area (Å²) in [5, 5.41) is 9.87. The molecule has 1 spiro atoms. The Morgan fingerprint density at radius 3 is 2.72 bits per heavy atom. The van der Waals surface area contributed by atoms with Gasteiger partial charge in [-0.25, -0.2) is 4.79 Å². The monoisotopic (exact) mass is 251 g/mol. The fourth-order valence-corrected chi connectivity index (χ4v) is 4.57. The van der Waals surface area contributed by atoms with Gasteiger partial charge in [0, 0.05) is 24.6 Å². The molecule has 0 aromatic carbocycles. The molecule has 18 heavy (non-hydrogen) atoms. The van der Waals surface area contributed by atoms with Crippen molar-refractivity contribution in [1.29, 1.82) is 0 Å². The number of rotatable bonds is 0. The predicted octanol–water partition coefficient (Wildman–Crippen LogP) is 0.705. The van der Waals surface area contributed by atoms with E-state index in [9.17, 15) is 4.79 Å². The maximum absolute atomic E-state index is 11.9. The quantitative estimate of drug-likeness (QED) is 0.594. The molecule has 4 aliphatic heterocycles. The van der Waals surface area contributed by atoms with E-state index in [0.717, 1.165) is 32.3 Å². The van der Waals surface area contributed by atoms with Crippen LogP contribution in [0.3, 0.4) is 0 Å². The molecule has 0 aromatic rings. The van der Waals surface area contributed by atoms with Crippen LogP contribution in [0.25, 0.3) is 0 Å². The van der Waals surface area contributed by atoms with Crippen molar-refractivity contribution in [2.24, 2.45) is 5.92 Å². The number of amides is 2. The largest absolute Gasteiger partial charge is 0.358 e. The lowest BCUT2D eigenvalue weighted by molar-refractivity contribution is -0.0920. The first kappa shape index (κ1) is 11.1. The van der Waals surface area contributed by atoms with Crippen molar-refractivity contribution in [1.82, 2.24) is 16.0 Å². The molecular formula is C13H21N3O2. The van der Waals surface area contributed by atoms with E-state index in [1.54, 1.807) is 0 Å². The van der Waals surface area contributed by atoms with E-state index in [1.165, 1.54) is 12.8 Å². The number of urea groups is 1. The van der Waals surface area contributed by atoms with Gasteiger partial charge in [-0.3, -0.25) is 0 Å². The Morgan fingerprint density at radius 1 is 1.17 bits per heavy atom. The van der Waals surface area contributed by atoms with Crippen LogP contribution in [0, 0.1) is 5.92 Å². The Balaban J connectivity index is 1.66. The number of nitrogens with one attached hydrogen (secondary N) is 3. The fraction of sp³-hybridized carbons (Fsp3) is 0.923. The first-order valence-corrected chi connectivity index (χ1v) is 7.21. The Bertz CT molecular complexity index is 361. The highest BCUT2D eigenvalue weighted by Crippen LogP contribution is 2.44. The molecule has 4 heterocycles. The summed E-state index contributed by atoms with van der Waals surface area (Å²) < 4.78 is 5.78. The molecule has 2 amide bonds. The summed E-state index contributed by atoms with van der Waals surface area (Å²) in [6, 6.07) is 1.13. The van der Waals surface area contributed by atoms with Gasteiger partial charge in [0.05, 0.1) is 5.54 Å². The van der Waals surface area contributed by atoms with Crippen molar-refractivity contribution < 1.29 is 9.53 Å². The van der Waals surface area contributed by atoms with E-state index in [1.807, 2.05) is 0 Å². The van der Waals surface area contributed by atoms with Crippen LogP contribution in [0.15, 0.2) is 0 Å². The second kappa shape index (κ2) is 3.84. The molecule has 4 fully saturated rings. The molecule has 5 heteroatoms. The van der Waals surface area contributed by atoms with Crippen LogP contribution in [0.5, 0.6) is 0 Å². The average molecular weight is 251 g/mol. The number of carbonyl (C=O) groups excluding carboxylic acids is 1. The zero-order valence-corrected chi connectivity index (χ0v) is 10.6. The number of carbonyl (C=O) groups is 1. The Labute approximate surface area is 107 Å². The van der Waals surface area contributed by atoms with Crippen LogP contribution < -0.4 is 16.0 Å². The van der Waals surface area contributed by atoms with Crippen LogP contribution >= 0.6 is 0 Å². The summed E-state index contributed by atoms with van der Waals surface area (Å²) >= 11 is 0. The van der Waals surface area contributed by atoms with E-state index in [0.29, 0.717) is 18.0 Å². The van der Waals surface area contributed by atoms with Gasteiger partial charge in [0.1, 0.15) is 6.23 Å². The second-order valence-corrected chi connectivity index (χ2v) is 6.34. The maximum atomic E-state index is 11.9. The molecule has 100 valence electrons. The third-order valence-electron chi connectivity index (χ3n) is 5.22. The van der Waals surface area contributed by atoms with E-state index < -0.39 is 0 Å². The number of fused-ring (bicyclic) bond motifs is 4. The van der Waals surface area contributed by atoms with Crippen LogP contribution in [0.2, 0.25) is 0 Å². The average Bonchev–Trinajstić information content (AvgIpc) is 2.69. The van der Waals surface area contributed by atoms with Gasteiger partial charge < -0.3 is 20.7 Å². The first-order valence-electron chi connectivity index (χ1n) is 7.21. The van der Waals surface area contributed by atoms with E-state index in [2.05, 4.69) is 16.0 Å². The number of ether oxygens (including phenoxy) is 1. The lowest BCUT2D eigenvalue weighted by Gasteiger charge is -2.53. The molecule has 5 nitrogen and oxygen atoms in total. The van der Waals surface area contributed by atoms with Crippen LogP contribution in [-0.2, 0) is 4.74 Å². The molecule has 0 aromatic heterocycles. The molecule has 0 saturated carbocycles. The van der Waals surface area contributed by atoms with Crippen LogP contribution in [0.1, 0.15) is 38.5 Å². The lowest BCUT2D eigenvalue weighted by atomic mass is 9.69. The summed E-state index contributed by atoms with van der Waals surface area (Å²) in [6.07, 6.45) is 6.87. The minimum atomic E-state index is -0.0648. The lowest BCUT2D eigenvalue weighted by Crippen LogP contribution is -2.72. The third-order valence-corrected chi connectivity index (χ3v) is 5.22. The highest BCUT2D eigenvalue weighted by molar-refractivity contribution is 5.76. The highest BCUT2D eigenvalue weighted by atomic mass is 16.5. The molecule has 0 aliphatic carbocycles. The predicted molar refractivity (Wildman–Crippen MR) is 66.0 cm³/mol. The van der Waals surface area contributed by atoms with Crippen molar-refractivity contribution in [3.8, 4) is 0 Å². The van der Waals surface area contributed by atoms with E-state index >= 15 is 0 Å². The summed E-state index contributed by atoms with van der Waals surface area (Å²) in [6.45, 7) is 0.780. The van der Waals surface area contributed by atoms with Gasteiger partial charge in [0.25, 0.3) is 0 Å². The Hall–Kier alpha value is -0.810. The second-order valence-electron chi connectivity index (χ2n) is 6.34. The zero-order chi connectivity index (χ0) is 12.2. The minimum Gasteiger partial charge on any atom is -0.358 e. The van der Waals surface area contributed by atoms with Gasteiger partial charge in [-0.2, -0.15) is 0 Å². The van der Waals surface area contributed by atoms with E-state index in [-0.39, 0.29) is 17.8 Å². The highest BCUT2D eigenvalue weighted by Gasteiger charge is 2.54. The van der Waals surface area contributed by atoms with Gasteiger partial charge in [-0.1, -0.05) is 0 Å². The molecule has 4 rings (SSSR count). The Kier molecular flexibility index (Phi) is 2.36. The van der Waals surface area contributed by atoms with Crippen molar-refractivity contribution in [3.63, 3.8) is 0 Å². The summed E-state index contributed by atoms with van der Waals surface area (Å²) in [7, 11) is 0. The van der Waals surface area contributed by atoms with Crippen molar-refractivity contribution in [2.45, 2.75) is 62.4 Å². The van der Waals surface area contributed by atoms with Gasteiger partial charge in [-0.05, 0) is 38.5 Å². The summed E-state index contributed by atoms with van der Waals surface area (Å²) in [5.74, 6) is 0.439. The smallest absolute Gasteiger partial charge is 0.317 e. The van der Waals surface area contributed by atoms with Crippen molar-refractivity contribution in [3.05, 3.63) is 0 Å². The SMILES string of the molecule is O=C1N[C@H]2OCCC[C@H]2C2(CC3CCC(C2)N3)N1. The Morgan fingerprint density at radius 2 is 1.94 bits per heavy atom. The molecule has 4 aliphatic rings. The minimum absolute atomic E-state index is 0.0233. The number of hydrogen-bond donors (Lipinski definition) is 3.